The predicted octanol–water partition coefficient (Wildman–Crippen LogP) is 1.95. The Morgan fingerprint density at radius 2 is 2.19 bits per heavy atom. The minimum atomic E-state index is -0.125. The summed E-state index contributed by atoms with van der Waals surface area (Å²) in [6.45, 7) is 2.61. The van der Waals surface area contributed by atoms with E-state index >= 15 is 0 Å². The zero-order valence-corrected chi connectivity index (χ0v) is 10.3. The number of hydrogen-bond donors (Lipinski definition) is 1. The molecule has 0 aromatic heterocycles. The van der Waals surface area contributed by atoms with Gasteiger partial charge in [0.1, 0.15) is 5.75 Å². The van der Waals surface area contributed by atoms with E-state index in [1.54, 1.807) is 32.3 Å². The first-order valence-corrected chi connectivity index (χ1v) is 5.35. The van der Waals surface area contributed by atoms with Gasteiger partial charge in [-0.2, -0.15) is 5.48 Å². The van der Waals surface area contributed by atoms with Crippen molar-refractivity contribution in [3.63, 3.8) is 0 Å². The molecular formula is C11H15ClN2O2. The molecule has 1 aromatic rings. The van der Waals surface area contributed by atoms with E-state index in [2.05, 4.69) is 5.48 Å². The van der Waals surface area contributed by atoms with Crippen molar-refractivity contribution in [1.29, 1.82) is 0 Å². The molecule has 0 atom stereocenters. The van der Waals surface area contributed by atoms with Crippen molar-refractivity contribution in [2.75, 3.05) is 20.6 Å². The van der Waals surface area contributed by atoms with Gasteiger partial charge < -0.3 is 9.74 Å². The monoisotopic (exact) mass is 242 g/mol. The van der Waals surface area contributed by atoms with Gasteiger partial charge in [0.25, 0.3) is 5.91 Å². The lowest BCUT2D eigenvalue weighted by molar-refractivity contribution is 0.0827. The third kappa shape index (κ3) is 3.12. The molecule has 0 aliphatic carbocycles. The molecule has 1 aromatic carbocycles. The van der Waals surface area contributed by atoms with Gasteiger partial charge in [-0.1, -0.05) is 11.6 Å². The van der Waals surface area contributed by atoms with E-state index in [1.807, 2.05) is 6.92 Å². The highest BCUT2D eigenvalue weighted by atomic mass is 35.5. The van der Waals surface area contributed by atoms with Crippen LogP contribution < -0.4 is 10.3 Å². The fourth-order valence-corrected chi connectivity index (χ4v) is 1.38. The molecule has 4 nitrogen and oxygen atoms in total. The largest absolute Gasteiger partial charge is 0.409 e. The number of hydroxylamine groups is 1. The van der Waals surface area contributed by atoms with Gasteiger partial charge in [-0.15, -0.1) is 0 Å². The van der Waals surface area contributed by atoms with Crippen molar-refractivity contribution in [3.05, 3.63) is 28.8 Å². The van der Waals surface area contributed by atoms with Crippen LogP contribution in [0.2, 0.25) is 5.02 Å². The number of amides is 1. The maximum atomic E-state index is 11.7. The molecule has 1 rings (SSSR count). The first kappa shape index (κ1) is 12.8. The van der Waals surface area contributed by atoms with Crippen LogP contribution in [0, 0.1) is 0 Å². The number of hydrogen-bond acceptors (Lipinski definition) is 3. The maximum Gasteiger partial charge on any atom is 0.254 e. The van der Waals surface area contributed by atoms with Crippen LogP contribution in [0.4, 0.5) is 0 Å². The zero-order chi connectivity index (χ0) is 12.1. The lowest BCUT2D eigenvalue weighted by Crippen LogP contribution is -2.22. The van der Waals surface area contributed by atoms with Crippen LogP contribution in [0.3, 0.4) is 0 Å². The Bertz CT molecular complexity index is 380. The molecular weight excluding hydrogens is 228 g/mol. The smallest absolute Gasteiger partial charge is 0.254 e. The van der Waals surface area contributed by atoms with Gasteiger partial charge in [-0.25, -0.2) is 0 Å². The van der Waals surface area contributed by atoms with Crippen LogP contribution in [0.25, 0.3) is 0 Å². The number of nitrogens with one attached hydrogen (secondary N) is 1. The first-order chi connectivity index (χ1) is 7.56. The molecule has 0 saturated heterocycles. The van der Waals surface area contributed by atoms with E-state index in [9.17, 15) is 4.79 Å². The Hall–Kier alpha value is -1.26. The van der Waals surface area contributed by atoms with E-state index in [-0.39, 0.29) is 5.91 Å². The summed E-state index contributed by atoms with van der Waals surface area (Å²) in [6.07, 6.45) is 0. The van der Waals surface area contributed by atoms with Gasteiger partial charge >= 0.3 is 0 Å². The summed E-state index contributed by atoms with van der Waals surface area (Å²) >= 11 is 5.99. The first-order valence-electron chi connectivity index (χ1n) is 4.97. The summed E-state index contributed by atoms with van der Waals surface area (Å²) in [4.78, 5) is 18.3. The summed E-state index contributed by atoms with van der Waals surface area (Å²) in [7, 11) is 3.36. The lowest BCUT2D eigenvalue weighted by Gasteiger charge is -2.12. The molecule has 0 radical (unpaired) electrons. The van der Waals surface area contributed by atoms with Crippen molar-refractivity contribution < 1.29 is 9.63 Å². The number of carbonyl (C=O) groups excluding carboxylic acids is 1. The number of carbonyl (C=O) groups is 1. The van der Waals surface area contributed by atoms with Crippen LogP contribution in [0.1, 0.15) is 17.3 Å². The van der Waals surface area contributed by atoms with E-state index in [0.717, 1.165) is 0 Å². The second-order valence-electron chi connectivity index (χ2n) is 3.44. The summed E-state index contributed by atoms with van der Waals surface area (Å²) in [5.41, 5.74) is 3.18. The van der Waals surface area contributed by atoms with Gasteiger partial charge in [0, 0.05) is 26.7 Å². The van der Waals surface area contributed by atoms with Gasteiger partial charge in [0.05, 0.1) is 10.6 Å². The average molecular weight is 243 g/mol. The fraction of sp³-hybridized carbons (Fsp3) is 0.364. The number of benzene rings is 1. The Labute approximate surface area is 100 Å². The Morgan fingerprint density at radius 3 is 2.69 bits per heavy atom. The SMILES string of the molecule is CCNOc1ccc(C(=O)N(C)C)c(Cl)c1. The molecule has 0 unspecified atom stereocenters. The van der Waals surface area contributed by atoms with E-state index < -0.39 is 0 Å². The quantitative estimate of drug-likeness (QED) is 0.821. The molecule has 88 valence electrons. The van der Waals surface area contributed by atoms with Crippen LogP contribution in [-0.4, -0.2) is 31.4 Å². The third-order valence-corrected chi connectivity index (χ3v) is 2.22. The van der Waals surface area contributed by atoms with E-state index in [1.165, 1.54) is 4.90 Å². The molecule has 0 bridgehead atoms. The van der Waals surface area contributed by atoms with Crippen molar-refractivity contribution in [2.24, 2.45) is 0 Å². The van der Waals surface area contributed by atoms with Gasteiger partial charge in [0.15, 0.2) is 0 Å². The fourth-order valence-electron chi connectivity index (χ4n) is 1.13. The molecule has 5 heteroatoms. The average Bonchev–Trinajstić information content (AvgIpc) is 2.25. The minimum absolute atomic E-state index is 0.125. The van der Waals surface area contributed by atoms with Crippen LogP contribution in [0.5, 0.6) is 5.75 Å². The highest BCUT2D eigenvalue weighted by molar-refractivity contribution is 6.34. The highest BCUT2D eigenvalue weighted by Gasteiger charge is 2.12. The van der Waals surface area contributed by atoms with Crippen molar-refractivity contribution >= 4 is 17.5 Å². The second-order valence-corrected chi connectivity index (χ2v) is 3.85. The number of rotatable bonds is 4. The van der Waals surface area contributed by atoms with Crippen molar-refractivity contribution in [3.8, 4) is 5.75 Å². The molecule has 1 N–H and O–H groups in total. The molecule has 0 heterocycles. The number of nitrogens with zero attached hydrogens (tertiary/aromatic N) is 1. The van der Waals surface area contributed by atoms with Crippen molar-refractivity contribution in [2.45, 2.75) is 6.92 Å². The normalized spacial score (nSPS) is 10.0. The molecule has 0 aliphatic rings. The zero-order valence-electron chi connectivity index (χ0n) is 9.58. The minimum Gasteiger partial charge on any atom is -0.409 e. The highest BCUT2D eigenvalue weighted by Crippen LogP contribution is 2.22. The summed E-state index contributed by atoms with van der Waals surface area (Å²) < 4.78 is 0. The molecule has 16 heavy (non-hydrogen) atoms. The predicted molar refractivity (Wildman–Crippen MR) is 63.8 cm³/mol. The van der Waals surface area contributed by atoms with Crippen molar-refractivity contribution in [1.82, 2.24) is 10.4 Å². The van der Waals surface area contributed by atoms with Gasteiger partial charge in [-0.3, -0.25) is 4.79 Å². The standard InChI is InChI=1S/C11H15ClN2O2/c1-4-13-16-8-5-6-9(10(12)7-8)11(15)14(2)3/h5-7,13H,4H2,1-3H3. The molecule has 1 amide bonds. The van der Waals surface area contributed by atoms with Crippen LogP contribution in [0.15, 0.2) is 18.2 Å². The lowest BCUT2D eigenvalue weighted by atomic mass is 10.2. The summed E-state index contributed by atoms with van der Waals surface area (Å²) in [5, 5.41) is 0.383. The summed E-state index contributed by atoms with van der Waals surface area (Å²) in [5.74, 6) is 0.460. The van der Waals surface area contributed by atoms with E-state index in [0.29, 0.717) is 22.9 Å². The third-order valence-electron chi connectivity index (χ3n) is 1.91. The Morgan fingerprint density at radius 1 is 1.50 bits per heavy atom. The molecule has 0 saturated carbocycles. The molecule has 0 spiro atoms. The van der Waals surface area contributed by atoms with Crippen LogP contribution >= 0.6 is 11.6 Å². The molecule has 0 aliphatic heterocycles. The van der Waals surface area contributed by atoms with Gasteiger partial charge in [-0.05, 0) is 19.1 Å². The Kier molecular flexibility index (Phi) is 4.58. The second kappa shape index (κ2) is 5.72. The molecule has 0 fully saturated rings. The Balaban J connectivity index is 2.87. The van der Waals surface area contributed by atoms with Gasteiger partial charge in [0.2, 0.25) is 0 Å². The number of halogens is 1. The maximum absolute atomic E-state index is 11.7. The van der Waals surface area contributed by atoms with E-state index in [4.69, 9.17) is 16.4 Å². The summed E-state index contributed by atoms with van der Waals surface area (Å²) in [6, 6.07) is 4.96. The topological polar surface area (TPSA) is 41.6 Å². The van der Waals surface area contributed by atoms with Crippen LogP contribution in [-0.2, 0) is 0 Å².